The van der Waals surface area contributed by atoms with Crippen molar-refractivity contribution in [2.45, 2.75) is 52.6 Å². The number of hydrogen-bond acceptors (Lipinski definition) is 5. The van der Waals surface area contributed by atoms with Gasteiger partial charge in [0.05, 0.1) is 27.9 Å². The average molecular weight is 443 g/mol. The summed E-state index contributed by atoms with van der Waals surface area (Å²) >= 11 is 0. The summed E-state index contributed by atoms with van der Waals surface area (Å²) in [5.41, 5.74) is 3.42. The van der Waals surface area contributed by atoms with Gasteiger partial charge < -0.3 is 24.8 Å². The van der Waals surface area contributed by atoms with Crippen LogP contribution in [0.2, 0.25) is 0 Å². The summed E-state index contributed by atoms with van der Waals surface area (Å²) in [7, 11) is 4.71. The van der Waals surface area contributed by atoms with E-state index < -0.39 is 0 Å². The van der Waals surface area contributed by atoms with Crippen molar-refractivity contribution < 1.29 is 19.0 Å². The zero-order chi connectivity index (χ0) is 23.7. The third kappa shape index (κ3) is 6.63. The van der Waals surface area contributed by atoms with Crippen LogP contribution in [-0.4, -0.2) is 33.8 Å². The minimum absolute atomic E-state index is 0.0689. The van der Waals surface area contributed by atoms with Gasteiger partial charge >= 0.3 is 0 Å². The number of hydrogen-bond donors (Lipinski definition) is 2. The van der Waals surface area contributed by atoms with Crippen LogP contribution in [0.15, 0.2) is 36.4 Å². The zero-order valence-corrected chi connectivity index (χ0v) is 20.5. The van der Waals surface area contributed by atoms with Gasteiger partial charge in [0.25, 0.3) is 0 Å². The third-order valence-electron chi connectivity index (χ3n) is 5.84. The van der Waals surface area contributed by atoms with Crippen LogP contribution >= 0.6 is 0 Å². The summed E-state index contributed by atoms with van der Waals surface area (Å²) in [5.74, 6) is 2.50. The van der Waals surface area contributed by atoms with E-state index in [2.05, 4.69) is 62.6 Å². The number of ether oxygens (including phenoxy) is 3. The van der Waals surface area contributed by atoms with Crippen molar-refractivity contribution in [2.24, 2.45) is 5.92 Å². The molecule has 0 saturated heterocycles. The molecule has 2 N–H and O–H groups in total. The number of carbonyl (C=O) groups is 1. The Balaban J connectivity index is 1.98. The molecule has 32 heavy (non-hydrogen) atoms. The summed E-state index contributed by atoms with van der Waals surface area (Å²) in [6.45, 7) is 9.37. The second kappa shape index (κ2) is 12.3. The number of carbonyl (C=O) groups excluding carboxylic acids is 1. The normalized spacial score (nSPS) is 12.9. The molecule has 0 fully saturated rings. The number of rotatable bonds is 12. The van der Waals surface area contributed by atoms with Gasteiger partial charge in [0.1, 0.15) is 0 Å². The fraction of sp³-hybridized carbons (Fsp3) is 0.500. The lowest BCUT2D eigenvalue weighted by Gasteiger charge is -2.23. The van der Waals surface area contributed by atoms with E-state index in [9.17, 15) is 4.79 Å². The minimum Gasteiger partial charge on any atom is -0.493 e. The predicted octanol–water partition coefficient (Wildman–Crippen LogP) is 4.83. The molecule has 6 nitrogen and oxygen atoms in total. The SMILES string of the molecule is CCC(C)c1ccc(C(NCC(=O)NCc2cc(OC)c(OC)c(OC)c2)C(C)C)cc1. The van der Waals surface area contributed by atoms with Crippen LogP contribution < -0.4 is 24.8 Å². The molecule has 2 aromatic carbocycles. The third-order valence-corrected chi connectivity index (χ3v) is 5.84. The molecule has 2 atom stereocenters. The van der Waals surface area contributed by atoms with Crippen molar-refractivity contribution in [3.05, 3.63) is 53.1 Å². The summed E-state index contributed by atoms with van der Waals surface area (Å²) in [5, 5.41) is 6.38. The van der Waals surface area contributed by atoms with Gasteiger partial charge in [0.15, 0.2) is 11.5 Å². The van der Waals surface area contributed by atoms with E-state index in [0.717, 1.165) is 12.0 Å². The van der Waals surface area contributed by atoms with Crippen LogP contribution in [0, 0.1) is 5.92 Å². The second-order valence-corrected chi connectivity index (χ2v) is 8.39. The van der Waals surface area contributed by atoms with Gasteiger partial charge in [-0.05, 0) is 47.1 Å². The first-order chi connectivity index (χ1) is 15.3. The maximum absolute atomic E-state index is 12.5. The van der Waals surface area contributed by atoms with Crippen LogP contribution in [0.5, 0.6) is 17.2 Å². The van der Waals surface area contributed by atoms with E-state index >= 15 is 0 Å². The molecule has 0 aliphatic rings. The number of nitrogens with one attached hydrogen (secondary N) is 2. The molecule has 0 aliphatic heterocycles. The van der Waals surface area contributed by atoms with Gasteiger partial charge in [-0.1, -0.05) is 52.0 Å². The fourth-order valence-corrected chi connectivity index (χ4v) is 3.71. The van der Waals surface area contributed by atoms with Crippen LogP contribution in [0.3, 0.4) is 0 Å². The Morgan fingerprint density at radius 2 is 1.47 bits per heavy atom. The van der Waals surface area contributed by atoms with Crippen LogP contribution in [0.1, 0.15) is 62.8 Å². The Bertz CT molecular complexity index is 840. The second-order valence-electron chi connectivity index (χ2n) is 8.39. The topological polar surface area (TPSA) is 68.8 Å². The Morgan fingerprint density at radius 1 is 0.906 bits per heavy atom. The lowest BCUT2D eigenvalue weighted by Crippen LogP contribution is -2.37. The quantitative estimate of drug-likeness (QED) is 0.493. The highest BCUT2D eigenvalue weighted by molar-refractivity contribution is 5.78. The molecular formula is C26H38N2O4. The summed E-state index contributed by atoms with van der Waals surface area (Å²) in [6.07, 6.45) is 1.12. The van der Waals surface area contributed by atoms with Gasteiger partial charge in [0, 0.05) is 12.6 Å². The number of benzene rings is 2. The minimum atomic E-state index is -0.0689. The Labute approximate surface area is 192 Å². The smallest absolute Gasteiger partial charge is 0.234 e. The highest BCUT2D eigenvalue weighted by Crippen LogP contribution is 2.38. The maximum atomic E-state index is 12.5. The predicted molar refractivity (Wildman–Crippen MR) is 129 cm³/mol. The van der Waals surface area contributed by atoms with Crippen LogP contribution in [0.4, 0.5) is 0 Å². The van der Waals surface area contributed by atoms with Gasteiger partial charge in [-0.25, -0.2) is 0 Å². The van der Waals surface area contributed by atoms with Gasteiger partial charge in [-0.3, -0.25) is 4.79 Å². The van der Waals surface area contributed by atoms with Gasteiger partial charge in [0.2, 0.25) is 11.7 Å². The molecule has 176 valence electrons. The van der Waals surface area contributed by atoms with Crippen molar-refractivity contribution in [3.63, 3.8) is 0 Å². The van der Waals surface area contributed by atoms with Crippen molar-refractivity contribution in [1.82, 2.24) is 10.6 Å². The molecule has 0 spiro atoms. The molecule has 0 aliphatic carbocycles. The molecule has 0 saturated carbocycles. The highest BCUT2D eigenvalue weighted by atomic mass is 16.5. The molecule has 2 aromatic rings. The first kappa shape index (κ1) is 25.5. The largest absolute Gasteiger partial charge is 0.493 e. The Kier molecular flexibility index (Phi) is 9.85. The molecule has 0 bridgehead atoms. The standard InChI is InChI=1S/C26H38N2O4/c1-8-18(4)20-9-11-21(12-10-20)25(17(2)3)28-16-24(29)27-15-19-13-22(30-5)26(32-7)23(14-19)31-6/h9-14,17-18,25,28H,8,15-16H2,1-7H3,(H,27,29). The van der Waals surface area contributed by atoms with E-state index in [-0.39, 0.29) is 18.5 Å². The first-order valence-corrected chi connectivity index (χ1v) is 11.2. The lowest BCUT2D eigenvalue weighted by atomic mass is 9.92. The molecule has 2 rings (SSSR count). The lowest BCUT2D eigenvalue weighted by molar-refractivity contribution is -0.120. The Morgan fingerprint density at radius 3 is 1.94 bits per heavy atom. The van der Waals surface area contributed by atoms with Crippen molar-refractivity contribution in [3.8, 4) is 17.2 Å². The average Bonchev–Trinajstić information content (AvgIpc) is 2.81. The van der Waals surface area contributed by atoms with Crippen LogP contribution in [0.25, 0.3) is 0 Å². The first-order valence-electron chi connectivity index (χ1n) is 11.2. The molecule has 2 unspecified atom stereocenters. The van der Waals surface area contributed by atoms with Gasteiger partial charge in [-0.15, -0.1) is 0 Å². The van der Waals surface area contributed by atoms with Crippen LogP contribution in [-0.2, 0) is 11.3 Å². The molecule has 6 heteroatoms. The Hall–Kier alpha value is -2.73. The molecular weight excluding hydrogens is 404 g/mol. The molecule has 0 heterocycles. The molecule has 1 amide bonds. The van der Waals surface area contributed by atoms with Gasteiger partial charge in [-0.2, -0.15) is 0 Å². The number of amides is 1. The van der Waals surface area contributed by atoms with Crippen molar-refractivity contribution in [1.29, 1.82) is 0 Å². The maximum Gasteiger partial charge on any atom is 0.234 e. The van der Waals surface area contributed by atoms with E-state index in [1.807, 2.05) is 12.1 Å². The highest BCUT2D eigenvalue weighted by Gasteiger charge is 2.18. The summed E-state index contributed by atoms with van der Waals surface area (Å²) in [6, 6.07) is 12.5. The van der Waals surface area contributed by atoms with E-state index in [1.165, 1.54) is 11.1 Å². The molecule has 0 radical (unpaired) electrons. The van der Waals surface area contributed by atoms with E-state index in [0.29, 0.717) is 35.6 Å². The summed E-state index contributed by atoms with van der Waals surface area (Å²) in [4.78, 5) is 12.5. The monoisotopic (exact) mass is 442 g/mol. The van der Waals surface area contributed by atoms with Crippen molar-refractivity contribution in [2.75, 3.05) is 27.9 Å². The fourth-order valence-electron chi connectivity index (χ4n) is 3.71. The van der Waals surface area contributed by atoms with E-state index in [1.54, 1.807) is 21.3 Å². The number of methoxy groups -OCH3 is 3. The summed E-state index contributed by atoms with van der Waals surface area (Å²) < 4.78 is 16.1. The molecule has 0 aromatic heterocycles. The van der Waals surface area contributed by atoms with E-state index in [4.69, 9.17) is 14.2 Å². The van der Waals surface area contributed by atoms with Crippen molar-refractivity contribution >= 4 is 5.91 Å². The zero-order valence-electron chi connectivity index (χ0n) is 20.5.